The van der Waals surface area contributed by atoms with Gasteiger partial charge in [0.1, 0.15) is 0 Å². The summed E-state index contributed by atoms with van der Waals surface area (Å²) in [7, 11) is 0. The van der Waals surface area contributed by atoms with Gasteiger partial charge >= 0.3 is 0 Å². The number of H-pyrrole nitrogens is 1. The van der Waals surface area contributed by atoms with Gasteiger partial charge in [-0.15, -0.1) is 11.3 Å². The molecule has 0 fully saturated rings. The van der Waals surface area contributed by atoms with Gasteiger partial charge in [0.2, 0.25) is 0 Å². The zero-order valence-electron chi connectivity index (χ0n) is 14.1. The van der Waals surface area contributed by atoms with E-state index < -0.39 is 0 Å². The Bertz CT molecular complexity index is 991. The van der Waals surface area contributed by atoms with Crippen molar-refractivity contribution in [2.75, 3.05) is 0 Å². The highest BCUT2D eigenvalue weighted by atomic mass is 32.1. The van der Waals surface area contributed by atoms with Gasteiger partial charge in [-0.05, 0) is 17.7 Å². The molecular weight excluding hydrogens is 310 g/mol. The highest BCUT2D eigenvalue weighted by molar-refractivity contribution is 7.16. The lowest BCUT2D eigenvalue weighted by molar-refractivity contribution is 1.50. The van der Waals surface area contributed by atoms with Crippen molar-refractivity contribution >= 4 is 45.3 Å². The molecule has 4 aromatic rings. The van der Waals surface area contributed by atoms with E-state index in [-0.39, 0.29) is 0 Å². The topological polar surface area (TPSA) is 15.8 Å². The molecule has 0 aliphatic rings. The Kier molecular flexibility index (Phi) is 4.68. The number of nitrogens with one attached hydrogen (secondary N) is 1. The van der Waals surface area contributed by atoms with Crippen LogP contribution >= 0.6 is 11.3 Å². The lowest BCUT2D eigenvalue weighted by Crippen LogP contribution is -1.75. The second-order valence-electron chi connectivity index (χ2n) is 5.24. The van der Waals surface area contributed by atoms with Crippen LogP contribution in [0.25, 0.3) is 44.4 Å². The minimum atomic E-state index is 1.14. The average Bonchev–Trinajstić information content (AvgIpc) is 3.24. The molecule has 0 aliphatic carbocycles. The van der Waals surface area contributed by atoms with Crippen molar-refractivity contribution in [1.82, 2.24) is 4.98 Å². The van der Waals surface area contributed by atoms with Crippen molar-refractivity contribution in [2.45, 2.75) is 13.8 Å². The van der Waals surface area contributed by atoms with Crippen LogP contribution in [0.1, 0.15) is 24.3 Å². The first kappa shape index (κ1) is 16.3. The molecule has 120 valence electrons. The Morgan fingerprint density at radius 1 is 0.917 bits per heavy atom. The third-order valence-electron chi connectivity index (χ3n) is 4.00. The fourth-order valence-corrected chi connectivity index (χ4v) is 4.00. The molecule has 24 heavy (non-hydrogen) atoms. The summed E-state index contributed by atoms with van der Waals surface area (Å²) in [5, 5.41) is 2.53. The summed E-state index contributed by atoms with van der Waals surface area (Å²) >= 11 is 1.75. The number of fused-ring (bicyclic) bond motifs is 3. The first-order valence-electron chi connectivity index (χ1n) is 8.20. The molecule has 0 bridgehead atoms. The Balaban J connectivity index is 0.000000815. The summed E-state index contributed by atoms with van der Waals surface area (Å²) in [6.45, 7) is 11.8. The smallest absolute Gasteiger partial charge is 0.0552 e. The van der Waals surface area contributed by atoms with Gasteiger partial charge in [-0.3, -0.25) is 0 Å². The number of aromatic nitrogens is 1. The largest absolute Gasteiger partial charge is 0.354 e. The molecule has 0 spiro atoms. The summed E-state index contributed by atoms with van der Waals surface area (Å²) in [6, 6.07) is 17.1. The summed E-state index contributed by atoms with van der Waals surface area (Å²) < 4.78 is 0. The Morgan fingerprint density at radius 2 is 1.67 bits per heavy atom. The van der Waals surface area contributed by atoms with Gasteiger partial charge in [-0.2, -0.15) is 0 Å². The minimum Gasteiger partial charge on any atom is -0.354 e. The number of benzene rings is 2. The molecule has 0 amide bonds. The number of hydrogen-bond acceptors (Lipinski definition) is 1. The molecule has 2 heteroatoms. The van der Waals surface area contributed by atoms with Crippen molar-refractivity contribution in [3.8, 4) is 10.4 Å². The lowest BCUT2D eigenvalue weighted by Gasteiger charge is -1.99. The number of hydrogen-bond donors (Lipinski definition) is 1. The van der Waals surface area contributed by atoms with Crippen molar-refractivity contribution in [3.05, 3.63) is 72.1 Å². The average molecular weight is 331 g/mol. The van der Waals surface area contributed by atoms with Gasteiger partial charge in [-0.1, -0.05) is 75.6 Å². The van der Waals surface area contributed by atoms with Crippen LogP contribution in [-0.2, 0) is 0 Å². The van der Waals surface area contributed by atoms with Crippen LogP contribution in [0, 0.1) is 0 Å². The lowest BCUT2D eigenvalue weighted by atomic mass is 10.1. The Hall–Kier alpha value is -2.58. The second kappa shape index (κ2) is 6.90. The summed E-state index contributed by atoms with van der Waals surface area (Å²) in [5.74, 6) is 0. The molecule has 0 atom stereocenters. The van der Waals surface area contributed by atoms with E-state index in [0.717, 1.165) is 10.4 Å². The van der Waals surface area contributed by atoms with E-state index in [0.29, 0.717) is 0 Å². The first-order chi connectivity index (χ1) is 11.8. The third kappa shape index (κ3) is 2.59. The maximum absolute atomic E-state index is 3.90. The summed E-state index contributed by atoms with van der Waals surface area (Å²) in [5.41, 5.74) is 4.74. The molecule has 2 aromatic heterocycles. The van der Waals surface area contributed by atoms with Gasteiger partial charge in [0, 0.05) is 31.6 Å². The standard InChI is InChI=1S/C20H15NS.C2H6/c1-3-13-12-19(22-18(13)4-2)16-10-7-9-15-14-8-5-6-11-17(14)21-20(15)16;1-2/h3-12,21H,1-2H2;1-2H3. The van der Waals surface area contributed by atoms with Gasteiger partial charge in [0.25, 0.3) is 0 Å². The first-order valence-corrected chi connectivity index (χ1v) is 9.02. The fraction of sp³-hybridized carbons (Fsp3) is 0.0909. The number of para-hydroxylation sites is 2. The van der Waals surface area contributed by atoms with E-state index in [4.69, 9.17) is 0 Å². The molecule has 0 saturated heterocycles. The molecule has 1 N–H and O–H groups in total. The highest BCUT2D eigenvalue weighted by Gasteiger charge is 2.12. The molecular formula is C22H21NS. The second-order valence-corrected chi connectivity index (χ2v) is 6.32. The Labute approximate surface area is 147 Å². The summed E-state index contributed by atoms with van der Waals surface area (Å²) in [6.07, 6.45) is 3.79. The highest BCUT2D eigenvalue weighted by Crippen LogP contribution is 2.38. The van der Waals surface area contributed by atoms with Crippen molar-refractivity contribution in [3.63, 3.8) is 0 Å². The number of rotatable bonds is 3. The zero-order valence-corrected chi connectivity index (χ0v) is 14.9. The maximum atomic E-state index is 3.90. The van der Waals surface area contributed by atoms with Gasteiger partial charge < -0.3 is 4.98 Å². The molecule has 0 unspecified atom stereocenters. The van der Waals surface area contributed by atoms with Crippen LogP contribution < -0.4 is 0 Å². The van der Waals surface area contributed by atoms with Crippen LogP contribution in [0.2, 0.25) is 0 Å². The molecule has 0 radical (unpaired) electrons. The van der Waals surface area contributed by atoms with Crippen LogP contribution in [0.5, 0.6) is 0 Å². The van der Waals surface area contributed by atoms with Gasteiger partial charge in [-0.25, -0.2) is 0 Å². The fourth-order valence-electron chi connectivity index (χ4n) is 2.95. The van der Waals surface area contributed by atoms with Crippen LogP contribution in [0.4, 0.5) is 0 Å². The van der Waals surface area contributed by atoms with Crippen LogP contribution in [0.3, 0.4) is 0 Å². The third-order valence-corrected chi connectivity index (χ3v) is 5.18. The van der Waals surface area contributed by atoms with E-state index in [2.05, 4.69) is 66.7 Å². The number of aromatic amines is 1. The normalized spacial score (nSPS) is 10.4. The molecule has 0 saturated carbocycles. The molecule has 2 aromatic carbocycles. The van der Waals surface area contributed by atoms with Crippen LogP contribution in [0.15, 0.2) is 61.7 Å². The van der Waals surface area contributed by atoms with E-state index in [9.17, 15) is 0 Å². The van der Waals surface area contributed by atoms with Gasteiger partial charge in [0.15, 0.2) is 0 Å². The number of thiophene rings is 1. The van der Waals surface area contributed by atoms with Crippen molar-refractivity contribution < 1.29 is 0 Å². The van der Waals surface area contributed by atoms with Crippen molar-refractivity contribution in [1.29, 1.82) is 0 Å². The van der Waals surface area contributed by atoms with E-state index >= 15 is 0 Å². The van der Waals surface area contributed by atoms with Gasteiger partial charge in [0.05, 0.1) is 5.52 Å². The molecule has 2 heterocycles. The van der Waals surface area contributed by atoms with E-state index in [1.165, 1.54) is 32.2 Å². The monoisotopic (exact) mass is 331 g/mol. The van der Waals surface area contributed by atoms with E-state index in [1.807, 2.05) is 26.0 Å². The minimum absolute atomic E-state index is 1.14. The quantitative estimate of drug-likeness (QED) is 0.403. The molecule has 1 nitrogen and oxygen atoms in total. The molecule has 0 aliphatic heterocycles. The predicted octanol–water partition coefficient (Wildman–Crippen LogP) is 7.36. The summed E-state index contributed by atoms with van der Waals surface area (Å²) in [4.78, 5) is 5.97. The van der Waals surface area contributed by atoms with Crippen molar-refractivity contribution in [2.24, 2.45) is 0 Å². The zero-order chi connectivity index (χ0) is 17.1. The maximum Gasteiger partial charge on any atom is 0.0552 e. The molecule has 4 rings (SSSR count). The van der Waals surface area contributed by atoms with Crippen LogP contribution in [-0.4, -0.2) is 4.98 Å². The van der Waals surface area contributed by atoms with E-state index in [1.54, 1.807) is 11.3 Å². The SMILES string of the molecule is C=Cc1cc(-c2cccc3c2[nH]c2ccccc23)sc1C=C.CC. The Morgan fingerprint density at radius 3 is 2.38 bits per heavy atom. The predicted molar refractivity (Wildman–Crippen MR) is 111 cm³/mol.